The fraction of sp³-hybridized carbons (Fsp3) is 0.400. The van der Waals surface area contributed by atoms with Crippen LogP contribution in [0, 0.1) is 17.8 Å². The SMILES string of the molecule is CNC(=O)C(Cc1ccc(OC)cc1)NC(=O)C(C1CCCCC1)C(CCN1C(=O)c2cc3ccccc3cc2C1=O)C(=O)O. The number of carbonyl (C=O) groups is 5. The number of aliphatic carboxylic acids is 1. The number of fused-ring (bicyclic) bond motifs is 2. The van der Waals surface area contributed by atoms with Crippen molar-refractivity contribution in [2.75, 3.05) is 20.7 Å². The highest BCUT2D eigenvalue weighted by molar-refractivity contribution is 6.23. The minimum Gasteiger partial charge on any atom is -0.497 e. The fourth-order valence-electron chi connectivity index (χ4n) is 6.77. The van der Waals surface area contributed by atoms with Gasteiger partial charge in [-0.3, -0.25) is 28.9 Å². The van der Waals surface area contributed by atoms with E-state index in [1.165, 1.54) is 7.05 Å². The Morgan fingerprint density at radius 3 is 2.04 bits per heavy atom. The lowest BCUT2D eigenvalue weighted by Gasteiger charge is -2.34. The van der Waals surface area contributed by atoms with Crippen molar-refractivity contribution in [2.24, 2.45) is 17.8 Å². The van der Waals surface area contributed by atoms with E-state index in [1.807, 2.05) is 36.4 Å². The van der Waals surface area contributed by atoms with Crippen molar-refractivity contribution in [1.29, 1.82) is 0 Å². The number of rotatable bonds is 12. The first-order chi connectivity index (χ1) is 21.7. The van der Waals surface area contributed by atoms with E-state index < -0.39 is 47.5 Å². The van der Waals surface area contributed by atoms with Crippen LogP contribution in [0.25, 0.3) is 10.8 Å². The number of hydrogen-bond donors (Lipinski definition) is 3. The van der Waals surface area contributed by atoms with E-state index in [-0.39, 0.29) is 25.3 Å². The largest absolute Gasteiger partial charge is 0.497 e. The molecular weight excluding hydrogens is 574 g/mol. The molecule has 3 N–H and O–H groups in total. The topological polar surface area (TPSA) is 142 Å². The molecule has 45 heavy (non-hydrogen) atoms. The number of imide groups is 1. The standard InChI is InChI=1S/C35H39N3O7/c1-36-31(39)29(18-21-12-14-25(45-2)15-13-21)37-32(40)30(22-8-4-3-5-9-22)26(35(43)44)16-17-38-33(41)27-19-23-10-6-7-11-24(23)20-28(27)34(38)42/h6-7,10-15,19-20,22,26,29-30H,3-5,8-9,16-18H2,1-2H3,(H,36,39)(H,37,40)(H,43,44). The molecule has 0 aromatic heterocycles. The van der Waals surface area contributed by atoms with Gasteiger partial charge in [-0.1, -0.05) is 55.7 Å². The summed E-state index contributed by atoms with van der Waals surface area (Å²) in [5.74, 6) is -4.67. The quantitative estimate of drug-likeness (QED) is 0.260. The summed E-state index contributed by atoms with van der Waals surface area (Å²) in [6, 6.07) is 17.1. The zero-order valence-corrected chi connectivity index (χ0v) is 25.6. The Hall–Kier alpha value is -4.73. The molecular formula is C35H39N3O7. The summed E-state index contributed by atoms with van der Waals surface area (Å²) < 4.78 is 5.21. The summed E-state index contributed by atoms with van der Waals surface area (Å²) in [4.78, 5) is 67.5. The van der Waals surface area contributed by atoms with Gasteiger partial charge in [0.05, 0.1) is 30.1 Å². The number of carbonyl (C=O) groups excluding carboxylic acids is 4. The number of likely N-dealkylation sites (N-methyl/N-ethyl adjacent to an activating group) is 1. The Morgan fingerprint density at radius 2 is 1.51 bits per heavy atom. The highest BCUT2D eigenvalue weighted by Crippen LogP contribution is 2.37. The van der Waals surface area contributed by atoms with Gasteiger partial charge < -0.3 is 20.5 Å². The molecule has 3 aromatic rings. The Kier molecular flexibility index (Phi) is 9.80. The molecule has 1 fully saturated rings. The van der Waals surface area contributed by atoms with E-state index in [0.29, 0.717) is 29.7 Å². The van der Waals surface area contributed by atoms with Gasteiger partial charge in [-0.2, -0.15) is 0 Å². The van der Waals surface area contributed by atoms with Crippen LogP contribution in [0.5, 0.6) is 5.75 Å². The van der Waals surface area contributed by atoms with Crippen LogP contribution in [0.1, 0.15) is 64.8 Å². The van der Waals surface area contributed by atoms with Crippen LogP contribution in [0.3, 0.4) is 0 Å². The number of hydrogen-bond acceptors (Lipinski definition) is 6. The van der Waals surface area contributed by atoms with Crippen molar-refractivity contribution < 1.29 is 33.8 Å². The number of carboxylic acid groups (broad SMARTS) is 1. The van der Waals surface area contributed by atoms with E-state index in [9.17, 15) is 29.1 Å². The molecule has 0 saturated heterocycles. The molecule has 2 aliphatic rings. The Bertz CT molecular complexity index is 1540. The van der Waals surface area contributed by atoms with Crippen LogP contribution >= 0.6 is 0 Å². The predicted octanol–water partition coefficient (Wildman–Crippen LogP) is 4.21. The molecule has 1 aliphatic carbocycles. The Balaban J connectivity index is 1.37. The molecule has 0 radical (unpaired) electrons. The predicted molar refractivity (Wildman–Crippen MR) is 168 cm³/mol. The van der Waals surface area contributed by atoms with Gasteiger partial charge in [0.2, 0.25) is 11.8 Å². The average molecular weight is 614 g/mol. The van der Waals surface area contributed by atoms with E-state index in [0.717, 1.165) is 40.5 Å². The minimum absolute atomic E-state index is 0.0853. The van der Waals surface area contributed by atoms with Crippen molar-refractivity contribution >= 4 is 40.4 Å². The molecule has 10 heteroatoms. The summed E-state index contributed by atoms with van der Waals surface area (Å²) >= 11 is 0. The first-order valence-corrected chi connectivity index (χ1v) is 15.5. The second-order valence-electron chi connectivity index (χ2n) is 11.9. The molecule has 1 heterocycles. The van der Waals surface area contributed by atoms with Crippen LogP contribution in [-0.4, -0.2) is 66.3 Å². The normalized spacial score (nSPS) is 17.0. The lowest BCUT2D eigenvalue weighted by atomic mass is 9.72. The van der Waals surface area contributed by atoms with Crippen molar-refractivity contribution in [3.05, 3.63) is 77.4 Å². The fourth-order valence-corrected chi connectivity index (χ4v) is 6.77. The molecule has 10 nitrogen and oxygen atoms in total. The molecule has 0 spiro atoms. The monoisotopic (exact) mass is 613 g/mol. The zero-order chi connectivity index (χ0) is 32.1. The van der Waals surface area contributed by atoms with Crippen LogP contribution in [-0.2, 0) is 20.8 Å². The maximum atomic E-state index is 14.0. The van der Waals surface area contributed by atoms with Crippen molar-refractivity contribution in [1.82, 2.24) is 15.5 Å². The third-order valence-corrected chi connectivity index (χ3v) is 9.19. The van der Waals surface area contributed by atoms with Gasteiger partial charge in [0.25, 0.3) is 11.8 Å². The zero-order valence-electron chi connectivity index (χ0n) is 25.6. The van der Waals surface area contributed by atoms with Gasteiger partial charge >= 0.3 is 5.97 Å². The summed E-state index contributed by atoms with van der Waals surface area (Å²) in [7, 11) is 3.04. The molecule has 4 amide bonds. The summed E-state index contributed by atoms with van der Waals surface area (Å²) in [6.45, 7) is -0.138. The van der Waals surface area contributed by atoms with Gasteiger partial charge in [0, 0.05) is 20.0 Å². The number of benzene rings is 3. The lowest BCUT2D eigenvalue weighted by molar-refractivity contribution is -0.150. The van der Waals surface area contributed by atoms with Gasteiger partial charge in [0.15, 0.2) is 0 Å². The maximum absolute atomic E-state index is 14.0. The number of amides is 4. The maximum Gasteiger partial charge on any atom is 0.307 e. The van der Waals surface area contributed by atoms with Crippen LogP contribution < -0.4 is 15.4 Å². The van der Waals surface area contributed by atoms with Crippen molar-refractivity contribution in [3.63, 3.8) is 0 Å². The first-order valence-electron chi connectivity index (χ1n) is 15.5. The molecule has 3 aromatic carbocycles. The first kappa shape index (κ1) is 31.7. The number of carboxylic acids is 1. The highest BCUT2D eigenvalue weighted by atomic mass is 16.5. The summed E-state index contributed by atoms with van der Waals surface area (Å²) in [5, 5.41) is 17.6. The van der Waals surface area contributed by atoms with E-state index >= 15 is 0 Å². The lowest BCUT2D eigenvalue weighted by Crippen LogP contribution is -2.52. The van der Waals surface area contributed by atoms with E-state index in [4.69, 9.17) is 4.74 Å². The molecule has 1 saturated carbocycles. The molecule has 0 bridgehead atoms. The summed E-state index contributed by atoms with van der Waals surface area (Å²) in [5.41, 5.74) is 1.38. The number of methoxy groups -OCH3 is 1. The number of ether oxygens (including phenoxy) is 1. The van der Waals surface area contributed by atoms with Crippen LogP contribution in [0.15, 0.2) is 60.7 Å². The second-order valence-corrected chi connectivity index (χ2v) is 11.9. The third kappa shape index (κ3) is 6.84. The average Bonchev–Trinajstić information content (AvgIpc) is 3.29. The smallest absolute Gasteiger partial charge is 0.307 e. The van der Waals surface area contributed by atoms with Crippen molar-refractivity contribution in [2.45, 2.75) is 51.0 Å². The van der Waals surface area contributed by atoms with Gasteiger partial charge in [-0.25, -0.2) is 0 Å². The molecule has 3 unspecified atom stereocenters. The minimum atomic E-state index is -1.17. The third-order valence-electron chi connectivity index (χ3n) is 9.19. The Morgan fingerprint density at radius 1 is 0.911 bits per heavy atom. The van der Waals surface area contributed by atoms with Crippen LogP contribution in [0.2, 0.25) is 0 Å². The molecule has 1 aliphatic heterocycles. The Labute approximate surface area is 262 Å². The van der Waals surface area contributed by atoms with E-state index in [1.54, 1.807) is 31.4 Å². The molecule has 5 rings (SSSR count). The van der Waals surface area contributed by atoms with Crippen LogP contribution in [0.4, 0.5) is 0 Å². The molecule has 236 valence electrons. The second kappa shape index (κ2) is 13.9. The van der Waals surface area contributed by atoms with Gasteiger partial charge in [-0.05, 0) is 65.8 Å². The number of nitrogens with zero attached hydrogens (tertiary/aromatic N) is 1. The highest BCUT2D eigenvalue weighted by Gasteiger charge is 2.43. The van der Waals surface area contributed by atoms with E-state index in [2.05, 4.69) is 10.6 Å². The van der Waals surface area contributed by atoms with Gasteiger partial charge in [0.1, 0.15) is 11.8 Å². The molecule has 3 atom stereocenters. The van der Waals surface area contributed by atoms with Crippen molar-refractivity contribution in [3.8, 4) is 5.75 Å². The summed E-state index contributed by atoms with van der Waals surface area (Å²) in [6.07, 6.45) is 4.24. The van der Waals surface area contributed by atoms with Gasteiger partial charge in [-0.15, -0.1) is 0 Å². The number of nitrogens with one attached hydrogen (secondary N) is 2.